The summed E-state index contributed by atoms with van der Waals surface area (Å²) < 4.78 is 5.23. The first-order chi connectivity index (χ1) is 8.87. The van der Waals surface area contributed by atoms with Crippen molar-refractivity contribution in [1.29, 1.82) is 0 Å². The standard InChI is InChI=1S/C15H22O5/c1-9-10(20-12(18)13(2,3)4)7-15(19,8-16)14(5,6)11(9)17/h8,19H,7H2,1-6H3/t15-/m1/s1. The van der Waals surface area contributed by atoms with Gasteiger partial charge in [-0.1, -0.05) is 0 Å². The smallest absolute Gasteiger partial charge is 0.316 e. The molecule has 0 fully saturated rings. The molecule has 20 heavy (non-hydrogen) atoms. The number of hydrogen-bond acceptors (Lipinski definition) is 5. The second-order valence-corrected chi connectivity index (χ2v) is 6.86. The van der Waals surface area contributed by atoms with E-state index < -0.39 is 28.2 Å². The van der Waals surface area contributed by atoms with Crippen molar-refractivity contribution in [1.82, 2.24) is 0 Å². The van der Waals surface area contributed by atoms with Crippen molar-refractivity contribution in [3.8, 4) is 0 Å². The molecule has 0 aromatic heterocycles. The molecule has 5 heteroatoms. The molecule has 1 aliphatic carbocycles. The largest absolute Gasteiger partial charge is 0.430 e. The average Bonchev–Trinajstić information content (AvgIpc) is 2.32. The zero-order chi connectivity index (χ0) is 15.9. The van der Waals surface area contributed by atoms with Crippen LogP contribution in [0.15, 0.2) is 11.3 Å². The van der Waals surface area contributed by atoms with Gasteiger partial charge in [-0.25, -0.2) is 0 Å². The molecule has 0 radical (unpaired) electrons. The fraction of sp³-hybridized carbons (Fsp3) is 0.667. The average molecular weight is 282 g/mol. The van der Waals surface area contributed by atoms with E-state index >= 15 is 0 Å². The summed E-state index contributed by atoms with van der Waals surface area (Å²) in [4.78, 5) is 35.4. The maximum atomic E-state index is 12.3. The van der Waals surface area contributed by atoms with Crippen LogP contribution in [0, 0.1) is 10.8 Å². The minimum Gasteiger partial charge on any atom is -0.430 e. The molecule has 112 valence electrons. The molecule has 5 nitrogen and oxygen atoms in total. The number of esters is 1. The third-order valence-corrected chi connectivity index (χ3v) is 3.86. The van der Waals surface area contributed by atoms with E-state index in [1.165, 1.54) is 13.8 Å². The Kier molecular flexibility index (Phi) is 3.98. The van der Waals surface area contributed by atoms with E-state index in [0.29, 0.717) is 6.29 Å². The number of ketones is 1. The Morgan fingerprint density at radius 2 is 1.85 bits per heavy atom. The third kappa shape index (κ3) is 2.54. The summed E-state index contributed by atoms with van der Waals surface area (Å²) in [6.07, 6.45) is 0.172. The first-order valence-electron chi connectivity index (χ1n) is 6.52. The number of aliphatic hydroxyl groups is 1. The number of Topliss-reactive ketones (excluding diaryl/α,β-unsaturated/α-hetero) is 1. The number of carbonyl (C=O) groups excluding carboxylic acids is 3. The highest BCUT2D eigenvalue weighted by Crippen LogP contribution is 2.43. The molecule has 0 spiro atoms. The lowest BCUT2D eigenvalue weighted by Gasteiger charge is -2.41. The molecule has 1 aliphatic rings. The predicted octanol–water partition coefficient (Wildman–Crippen LogP) is 1.78. The van der Waals surface area contributed by atoms with Crippen molar-refractivity contribution in [3.63, 3.8) is 0 Å². The van der Waals surface area contributed by atoms with Gasteiger partial charge in [0.15, 0.2) is 12.1 Å². The second kappa shape index (κ2) is 4.81. The van der Waals surface area contributed by atoms with Crippen molar-refractivity contribution < 1.29 is 24.2 Å². The van der Waals surface area contributed by atoms with Crippen LogP contribution in [0.5, 0.6) is 0 Å². The van der Waals surface area contributed by atoms with Crippen LogP contribution in [0.2, 0.25) is 0 Å². The maximum absolute atomic E-state index is 12.3. The van der Waals surface area contributed by atoms with Gasteiger partial charge in [0.05, 0.1) is 10.8 Å². The minimum atomic E-state index is -1.86. The summed E-state index contributed by atoms with van der Waals surface area (Å²) in [5.41, 5.74) is -3.56. The number of carbonyl (C=O) groups is 3. The minimum absolute atomic E-state index is 0.0730. The van der Waals surface area contributed by atoms with E-state index in [-0.39, 0.29) is 17.8 Å². The third-order valence-electron chi connectivity index (χ3n) is 3.86. The molecular formula is C15H22O5. The molecule has 0 saturated carbocycles. The van der Waals surface area contributed by atoms with Gasteiger partial charge in [-0.15, -0.1) is 0 Å². The molecule has 0 aromatic rings. The number of hydrogen-bond donors (Lipinski definition) is 1. The van der Waals surface area contributed by atoms with Gasteiger partial charge in [-0.05, 0) is 41.5 Å². The normalized spacial score (nSPS) is 26.4. The summed E-state index contributed by atoms with van der Waals surface area (Å²) in [7, 11) is 0. The van der Waals surface area contributed by atoms with Crippen LogP contribution in [-0.2, 0) is 19.1 Å². The van der Waals surface area contributed by atoms with E-state index in [0.717, 1.165) is 0 Å². The highest BCUT2D eigenvalue weighted by molar-refractivity contribution is 6.04. The molecule has 0 aromatic carbocycles. The van der Waals surface area contributed by atoms with Crippen LogP contribution < -0.4 is 0 Å². The summed E-state index contributed by atoms with van der Waals surface area (Å²) in [6.45, 7) is 9.62. The van der Waals surface area contributed by atoms with E-state index in [1.54, 1.807) is 27.7 Å². The zero-order valence-electron chi connectivity index (χ0n) is 12.9. The summed E-state index contributed by atoms with van der Waals surface area (Å²) >= 11 is 0. The molecule has 1 atom stereocenters. The number of ether oxygens (including phenoxy) is 1. The van der Waals surface area contributed by atoms with Gasteiger partial charge in [0.25, 0.3) is 0 Å². The lowest BCUT2D eigenvalue weighted by molar-refractivity contribution is -0.159. The molecule has 0 aliphatic heterocycles. The van der Waals surface area contributed by atoms with Crippen LogP contribution in [0.3, 0.4) is 0 Å². The molecule has 1 rings (SSSR count). The Labute approximate surface area is 119 Å². The van der Waals surface area contributed by atoms with Gasteiger partial charge in [-0.3, -0.25) is 9.59 Å². The Morgan fingerprint density at radius 3 is 2.25 bits per heavy atom. The van der Waals surface area contributed by atoms with Gasteiger partial charge in [-0.2, -0.15) is 0 Å². The summed E-state index contributed by atoms with van der Waals surface area (Å²) in [6, 6.07) is 0. The van der Waals surface area contributed by atoms with Crippen LogP contribution in [0.1, 0.15) is 48.0 Å². The predicted molar refractivity (Wildman–Crippen MR) is 72.7 cm³/mol. The van der Waals surface area contributed by atoms with Crippen LogP contribution in [-0.4, -0.2) is 28.7 Å². The monoisotopic (exact) mass is 282 g/mol. The van der Waals surface area contributed by atoms with E-state index in [4.69, 9.17) is 4.74 Å². The topological polar surface area (TPSA) is 80.7 Å². The molecule has 1 N–H and O–H groups in total. The first kappa shape index (κ1) is 16.6. The van der Waals surface area contributed by atoms with Crippen molar-refractivity contribution >= 4 is 18.0 Å². The molecule has 0 amide bonds. The fourth-order valence-corrected chi connectivity index (χ4v) is 1.96. The highest BCUT2D eigenvalue weighted by Gasteiger charge is 2.54. The molecule has 0 unspecified atom stereocenters. The number of allylic oxidation sites excluding steroid dienone is 1. The molecule has 0 bridgehead atoms. The Hall–Kier alpha value is -1.49. The van der Waals surface area contributed by atoms with Crippen LogP contribution in [0.25, 0.3) is 0 Å². The van der Waals surface area contributed by atoms with Crippen molar-refractivity contribution in [2.75, 3.05) is 0 Å². The Balaban J connectivity index is 3.22. The van der Waals surface area contributed by atoms with Gasteiger partial charge in [0.1, 0.15) is 11.4 Å². The summed E-state index contributed by atoms with van der Waals surface area (Å²) in [5, 5.41) is 10.4. The number of rotatable bonds is 2. The van der Waals surface area contributed by atoms with E-state index in [2.05, 4.69) is 0 Å². The lowest BCUT2D eigenvalue weighted by atomic mass is 9.65. The van der Waals surface area contributed by atoms with Crippen molar-refractivity contribution in [3.05, 3.63) is 11.3 Å². The zero-order valence-corrected chi connectivity index (χ0v) is 12.9. The molecular weight excluding hydrogens is 260 g/mol. The highest BCUT2D eigenvalue weighted by atomic mass is 16.5. The fourth-order valence-electron chi connectivity index (χ4n) is 1.96. The van der Waals surface area contributed by atoms with E-state index in [9.17, 15) is 19.5 Å². The van der Waals surface area contributed by atoms with E-state index in [1.807, 2.05) is 0 Å². The second-order valence-electron chi connectivity index (χ2n) is 6.86. The van der Waals surface area contributed by atoms with Crippen LogP contribution in [0.4, 0.5) is 0 Å². The van der Waals surface area contributed by atoms with Crippen molar-refractivity contribution in [2.45, 2.75) is 53.6 Å². The van der Waals surface area contributed by atoms with Gasteiger partial charge >= 0.3 is 5.97 Å². The van der Waals surface area contributed by atoms with Gasteiger partial charge in [0, 0.05) is 12.0 Å². The molecule has 0 saturated heterocycles. The summed E-state index contributed by atoms with van der Waals surface area (Å²) in [5.74, 6) is -0.827. The van der Waals surface area contributed by atoms with Gasteiger partial charge in [0.2, 0.25) is 0 Å². The molecule has 0 heterocycles. The van der Waals surface area contributed by atoms with Crippen molar-refractivity contribution in [2.24, 2.45) is 10.8 Å². The van der Waals surface area contributed by atoms with Gasteiger partial charge < -0.3 is 14.6 Å². The maximum Gasteiger partial charge on any atom is 0.316 e. The Bertz CT molecular complexity index is 493. The lowest BCUT2D eigenvalue weighted by Crippen LogP contribution is -2.54. The quantitative estimate of drug-likeness (QED) is 0.617. The SMILES string of the molecule is CC1=C(OC(=O)C(C)(C)C)C[C@@](O)(C=O)C(C)(C)C1=O. The number of aldehydes is 1. The van der Waals surface area contributed by atoms with Crippen LogP contribution >= 0.6 is 0 Å². The Morgan fingerprint density at radius 1 is 1.35 bits per heavy atom. The first-order valence-corrected chi connectivity index (χ1v) is 6.52.